The molecule has 168 valence electrons. The van der Waals surface area contributed by atoms with Crippen LogP contribution in [0.4, 0.5) is 0 Å². The van der Waals surface area contributed by atoms with Gasteiger partial charge in [0, 0.05) is 44.6 Å². The Labute approximate surface area is 200 Å². The molecule has 3 rings (SSSR count). The molecular formula is C20H33IN6O2S. The van der Waals surface area contributed by atoms with Crippen molar-refractivity contribution in [3.05, 3.63) is 34.0 Å². The number of aromatic nitrogens is 3. The first-order valence-corrected chi connectivity index (χ1v) is 11.0. The van der Waals surface area contributed by atoms with Gasteiger partial charge in [0.05, 0.1) is 19.8 Å². The third-order valence-electron chi connectivity index (χ3n) is 5.16. The minimum absolute atomic E-state index is 0. The van der Waals surface area contributed by atoms with Crippen LogP contribution in [0.25, 0.3) is 0 Å². The largest absolute Gasteiger partial charge is 0.382 e. The van der Waals surface area contributed by atoms with Gasteiger partial charge >= 0.3 is 0 Å². The number of thiophene rings is 1. The minimum atomic E-state index is 0. The number of hydrogen-bond acceptors (Lipinski definition) is 6. The van der Waals surface area contributed by atoms with Gasteiger partial charge in [0.1, 0.15) is 12.4 Å². The Kier molecular flexibility index (Phi) is 11.0. The van der Waals surface area contributed by atoms with Gasteiger partial charge in [0.25, 0.3) is 0 Å². The number of ether oxygens (including phenoxy) is 2. The topological polar surface area (TPSA) is 76.8 Å². The summed E-state index contributed by atoms with van der Waals surface area (Å²) in [5, 5.41) is 14.0. The van der Waals surface area contributed by atoms with E-state index in [0.29, 0.717) is 25.7 Å². The van der Waals surface area contributed by atoms with Crippen molar-refractivity contribution in [2.45, 2.75) is 26.3 Å². The number of guanidine groups is 1. The lowest BCUT2D eigenvalue weighted by molar-refractivity contribution is 0.0536. The first-order valence-electron chi connectivity index (χ1n) is 10.1. The van der Waals surface area contributed by atoms with Gasteiger partial charge in [-0.1, -0.05) is 6.07 Å². The van der Waals surface area contributed by atoms with Gasteiger partial charge in [0.2, 0.25) is 0 Å². The molecule has 1 atom stereocenters. The lowest BCUT2D eigenvalue weighted by Crippen LogP contribution is -2.41. The molecule has 3 heterocycles. The lowest BCUT2D eigenvalue weighted by Gasteiger charge is -2.22. The summed E-state index contributed by atoms with van der Waals surface area (Å²) in [7, 11) is 3.68. The van der Waals surface area contributed by atoms with E-state index in [1.165, 1.54) is 4.88 Å². The molecule has 0 bridgehead atoms. The van der Waals surface area contributed by atoms with Crippen molar-refractivity contribution >= 4 is 41.3 Å². The second kappa shape index (κ2) is 13.2. The van der Waals surface area contributed by atoms with Crippen LogP contribution in [0.1, 0.15) is 22.9 Å². The van der Waals surface area contributed by atoms with Crippen molar-refractivity contribution in [3.63, 3.8) is 0 Å². The summed E-state index contributed by atoms with van der Waals surface area (Å²) in [5.41, 5.74) is 0. The summed E-state index contributed by atoms with van der Waals surface area (Å²) in [4.78, 5) is 8.58. The monoisotopic (exact) mass is 548 g/mol. The summed E-state index contributed by atoms with van der Waals surface area (Å²) in [6, 6.07) is 4.27. The second-order valence-corrected chi connectivity index (χ2v) is 8.32. The molecule has 8 nitrogen and oxygen atoms in total. The molecule has 1 unspecified atom stereocenters. The van der Waals surface area contributed by atoms with Gasteiger partial charge in [-0.25, -0.2) is 4.99 Å². The fourth-order valence-corrected chi connectivity index (χ4v) is 4.02. The Morgan fingerprint density at radius 1 is 1.37 bits per heavy atom. The van der Waals surface area contributed by atoms with Crippen LogP contribution < -0.4 is 5.32 Å². The smallest absolute Gasteiger partial charge is 0.194 e. The van der Waals surface area contributed by atoms with Crippen molar-refractivity contribution in [2.24, 2.45) is 18.0 Å². The average molecular weight is 548 g/mol. The van der Waals surface area contributed by atoms with Crippen molar-refractivity contribution in [1.82, 2.24) is 25.0 Å². The summed E-state index contributed by atoms with van der Waals surface area (Å²) in [5.74, 6) is 3.24. The summed E-state index contributed by atoms with van der Waals surface area (Å²) in [6.45, 7) is 7.34. The molecule has 1 aliphatic heterocycles. The second-order valence-electron chi connectivity index (χ2n) is 7.29. The molecule has 1 N–H and O–H groups in total. The van der Waals surface area contributed by atoms with Gasteiger partial charge in [0.15, 0.2) is 11.8 Å². The van der Waals surface area contributed by atoms with Crippen LogP contribution in [-0.2, 0) is 29.5 Å². The van der Waals surface area contributed by atoms with Crippen LogP contribution in [0.5, 0.6) is 0 Å². The van der Waals surface area contributed by atoms with Crippen LogP contribution in [-0.4, -0.2) is 72.2 Å². The Morgan fingerprint density at radius 3 is 2.93 bits per heavy atom. The third kappa shape index (κ3) is 7.47. The lowest BCUT2D eigenvalue weighted by atomic mass is 10.1. The highest BCUT2D eigenvalue weighted by Gasteiger charge is 2.25. The molecule has 0 saturated carbocycles. The Hall–Kier alpha value is -1.24. The fourth-order valence-electron chi connectivity index (χ4n) is 3.31. The SMILES string of the molecule is COCCOCC1CCN(C(=NCc2nnc(C)n2C)NCCc2cccs2)C1.I. The fraction of sp³-hybridized carbons (Fsp3) is 0.650. The molecule has 0 aliphatic carbocycles. The van der Waals surface area contributed by atoms with Gasteiger partial charge in [-0.3, -0.25) is 0 Å². The highest BCUT2D eigenvalue weighted by molar-refractivity contribution is 14.0. The minimum Gasteiger partial charge on any atom is -0.382 e. The van der Waals surface area contributed by atoms with Crippen molar-refractivity contribution in [3.8, 4) is 0 Å². The van der Waals surface area contributed by atoms with Crippen LogP contribution >= 0.6 is 35.3 Å². The highest BCUT2D eigenvalue weighted by atomic mass is 127. The standard InChI is InChI=1S/C20H32N6O2S.HI/c1-16-23-24-19(25(16)2)13-22-20(21-8-6-18-5-4-12-29-18)26-9-7-17(14-26)15-28-11-10-27-3;/h4-5,12,17H,6-11,13-15H2,1-3H3,(H,21,22);1H. The van der Waals surface area contributed by atoms with Gasteiger partial charge in [-0.2, -0.15) is 0 Å². The number of methoxy groups -OCH3 is 1. The first-order chi connectivity index (χ1) is 14.2. The number of rotatable bonds is 10. The maximum Gasteiger partial charge on any atom is 0.194 e. The molecule has 0 amide bonds. The first kappa shape index (κ1) is 25.0. The molecule has 30 heavy (non-hydrogen) atoms. The zero-order valence-electron chi connectivity index (χ0n) is 18.0. The number of aryl methyl sites for hydroxylation is 1. The van der Waals surface area contributed by atoms with Gasteiger partial charge in [-0.05, 0) is 31.2 Å². The van der Waals surface area contributed by atoms with E-state index >= 15 is 0 Å². The van der Waals surface area contributed by atoms with E-state index in [1.54, 1.807) is 18.4 Å². The summed E-state index contributed by atoms with van der Waals surface area (Å²) < 4.78 is 12.8. The van der Waals surface area contributed by atoms with E-state index in [0.717, 1.165) is 56.7 Å². The van der Waals surface area contributed by atoms with E-state index in [1.807, 2.05) is 18.5 Å². The molecular weight excluding hydrogens is 515 g/mol. The number of nitrogens with one attached hydrogen (secondary N) is 1. The predicted octanol–water partition coefficient (Wildman–Crippen LogP) is 2.48. The molecule has 10 heteroatoms. The van der Waals surface area contributed by atoms with Crippen LogP contribution in [0.3, 0.4) is 0 Å². The summed E-state index contributed by atoms with van der Waals surface area (Å²) in [6.07, 6.45) is 2.11. The van der Waals surface area contributed by atoms with E-state index in [-0.39, 0.29) is 24.0 Å². The molecule has 2 aromatic rings. The van der Waals surface area contributed by atoms with Gasteiger partial charge in [-0.15, -0.1) is 45.5 Å². The molecule has 1 fully saturated rings. The van der Waals surface area contributed by atoms with Crippen LogP contribution in [0.15, 0.2) is 22.5 Å². The Balaban J connectivity index is 0.00000320. The molecule has 1 saturated heterocycles. The highest BCUT2D eigenvalue weighted by Crippen LogP contribution is 2.17. The average Bonchev–Trinajstić information content (AvgIpc) is 3.46. The van der Waals surface area contributed by atoms with E-state index < -0.39 is 0 Å². The number of aliphatic imine (C=N–C) groups is 1. The number of nitrogens with zero attached hydrogens (tertiary/aromatic N) is 5. The third-order valence-corrected chi connectivity index (χ3v) is 6.09. The molecule has 0 spiro atoms. The van der Waals surface area contributed by atoms with Crippen molar-refractivity contribution in [1.29, 1.82) is 0 Å². The molecule has 1 aliphatic rings. The Bertz CT molecular complexity index is 767. The van der Waals surface area contributed by atoms with Crippen molar-refractivity contribution in [2.75, 3.05) is 46.6 Å². The molecule has 0 radical (unpaired) electrons. The van der Waals surface area contributed by atoms with E-state index in [9.17, 15) is 0 Å². The number of halogens is 1. The molecule has 0 aromatic carbocycles. The normalized spacial score (nSPS) is 16.7. The summed E-state index contributed by atoms with van der Waals surface area (Å²) >= 11 is 1.79. The Morgan fingerprint density at radius 2 is 2.23 bits per heavy atom. The zero-order valence-corrected chi connectivity index (χ0v) is 21.2. The number of hydrogen-bond donors (Lipinski definition) is 1. The van der Waals surface area contributed by atoms with Crippen molar-refractivity contribution < 1.29 is 9.47 Å². The maximum absolute atomic E-state index is 5.73. The predicted molar refractivity (Wildman–Crippen MR) is 131 cm³/mol. The zero-order chi connectivity index (χ0) is 20.5. The number of likely N-dealkylation sites (tertiary alicyclic amines) is 1. The van der Waals surface area contributed by atoms with Gasteiger partial charge < -0.3 is 24.3 Å². The molecule has 2 aromatic heterocycles. The quantitative estimate of drug-likeness (QED) is 0.213. The van der Waals surface area contributed by atoms with Crippen LogP contribution in [0.2, 0.25) is 0 Å². The van der Waals surface area contributed by atoms with E-state index in [2.05, 4.69) is 37.9 Å². The maximum atomic E-state index is 5.73. The van der Waals surface area contributed by atoms with E-state index in [4.69, 9.17) is 14.5 Å². The van der Waals surface area contributed by atoms with Crippen LogP contribution in [0, 0.1) is 12.8 Å².